The monoisotopic (exact) mass is 398 g/mol. The maximum atomic E-state index is 14.0. The molecule has 1 aromatic carbocycles. The lowest BCUT2D eigenvalue weighted by Crippen LogP contribution is -2.33. The number of aromatic nitrogens is 3. The van der Waals surface area contributed by atoms with Crippen LogP contribution in [-0.4, -0.2) is 20.4 Å². The first-order valence-electron chi connectivity index (χ1n) is 9.42. The molecule has 1 amide bonds. The summed E-state index contributed by atoms with van der Waals surface area (Å²) in [7, 11) is 0. The average molecular weight is 398 g/mol. The van der Waals surface area contributed by atoms with Gasteiger partial charge in [0.25, 0.3) is 11.5 Å². The standard InChI is InChI=1S/C21H23FN4O3/c1-11(2)10-26-18-17(20(28)25-21(26)29)13(9-16(23-18)12(3)4)19(27)24-15-8-6-5-7-14(15)22/h5-9,11-12H,10H2,1-4H3,(H,24,27)(H,25,28,29). The van der Waals surface area contributed by atoms with E-state index in [2.05, 4.69) is 15.3 Å². The Morgan fingerprint density at radius 1 is 1.21 bits per heavy atom. The van der Waals surface area contributed by atoms with Gasteiger partial charge in [-0.15, -0.1) is 0 Å². The fourth-order valence-electron chi connectivity index (χ4n) is 3.06. The number of amides is 1. The minimum atomic E-state index is -0.702. The summed E-state index contributed by atoms with van der Waals surface area (Å²) in [6, 6.07) is 7.28. The minimum absolute atomic E-state index is 0.000453. The highest BCUT2D eigenvalue weighted by molar-refractivity contribution is 6.11. The van der Waals surface area contributed by atoms with Crippen LogP contribution < -0.4 is 16.6 Å². The van der Waals surface area contributed by atoms with Crippen LogP contribution in [0.4, 0.5) is 10.1 Å². The molecule has 29 heavy (non-hydrogen) atoms. The van der Waals surface area contributed by atoms with E-state index in [9.17, 15) is 18.8 Å². The molecule has 7 nitrogen and oxygen atoms in total. The number of pyridine rings is 1. The van der Waals surface area contributed by atoms with Crippen molar-refractivity contribution in [3.63, 3.8) is 0 Å². The van der Waals surface area contributed by atoms with Crippen molar-refractivity contribution in [3.8, 4) is 0 Å². The van der Waals surface area contributed by atoms with Gasteiger partial charge < -0.3 is 5.32 Å². The summed E-state index contributed by atoms with van der Waals surface area (Å²) in [5, 5.41) is 2.51. The van der Waals surface area contributed by atoms with Crippen LogP contribution >= 0.6 is 0 Å². The molecular formula is C21H23FN4O3. The summed E-state index contributed by atoms with van der Waals surface area (Å²) in [6.45, 7) is 7.98. The highest BCUT2D eigenvalue weighted by Gasteiger charge is 2.21. The Morgan fingerprint density at radius 3 is 2.52 bits per heavy atom. The SMILES string of the molecule is CC(C)Cn1c(=O)[nH]c(=O)c2c(C(=O)Nc3ccccc3F)cc(C(C)C)nc21. The van der Waals surface area contributed by atoms with Crippen LogP contribution in [-0.2, 0) is 6.54 Å². The molecule has 0 aliphatic carbocycles. The van der Waals surface area contributed by atoms with Crippen molar-refractivity contribution >= 4 is 22.6 Å². The average Bonchev–Trinajstić information content (AvgIpc) is 2.65. The van der Waals surface area contributed by atoms with E-state index in [-0.39, 0.29) is 34.1 Å². The van der Waals surface area contributed by atoms with E-state index in [1.165, 1.54) is 28.8 Å². The second-order valence-corrected chi connectivity index (χ2v) is 7.65. The Bertz CT molecular complexity index is 1190. The molecule has 2 aromatic heterocycles. The van der Waals surface area contributed by atoms with Crippen LogP contribution in [0, 0.1) is 11.7 Å². The third kappa shape index (κ3) is 4.11. The van der Waals surface area contributed by atoms with Gasteiger partial charge in [-0.1, -0.05) is 39.8 Å². The summed E-state index contributed by atoms with van der Waals surface area (Å²) in [6.07, 6.45) is 0. The zero-order valence-corrected chi connectivity index (χ0v) is 16.7. The van der Waals surface area contributed by atoms with E-state index in [1.54, 1.807) is 6.07 Å². The molecule has 2 N–H and O–H groups in total. The van der Waals surface area contributed by atoms with Gasteiger partial charge in [-0.05, 0) is 30.0 Å². The van der Waals surface area contributed by atoms with E-state index in [0.29, 0.717) is 12.2 Å². The molecule has 3 rings (SSSR count). The number of benzene rings is 1. The van der Waals surface area contributed by atoms with Gasteiger partial charge in [0.1, 0.15) is 5.82 Å². The van der Waals surface area contributed by atoms with Crippen LogP contribution in [0.1, 0.15) is 49.7 Å². The van der Waals surface area contributed by atoms with Crippen LogP contribution in [0.25, 0.3) is 11.0 Å². The quantitative estimate of drug-likeness (QED) is 0.689. The molecule has 0 atom stereocenters. The predicted octanol–water partition coefficient (Wildman–Crippen LogP) is 3.26. The van der Waals surface area contributed by atoms with Gasteiger partial charge in [-0.2, -0.15) is 0 Å². The number of fused-ring (bicyclic) bond motifs is 1. The van der Waals surface area contributed by atoms with Crippen molar-refractivity contribution in [2.24, 2.45) is 5.92 Å². The van der Waals surface area contributed by atoms with Crippen LogP contribution in [0.3, 0.4) is 0 Å². The largest absolute Gasteiger partial charge is 0.330 e. The molecular weight excluding hydrogens is 375 g/mol. The molecule has 0 aliphatic heterocycles. The molecule has 0 aliphatic rings. The molecule has 0 saturated heterocycles. The summed E-state index contributed by atoms with van der Waals surface area (Å²) in [5.41, 5.74) is -0.534. The number of nitrogens with one attached hydrogen (secondary N) is 2. The lowest BCUT2D eigenvalue weighted by atomic mass is 10.0. The number of carbonyl (C=O) groups is 1. The maximum absolute atomic E-state index is 14.0. The van der Waals surface area contributed by atoms with Crippen molar-refractivity contribution in [3.05, 3.63) is 68.2 Å². The zero-order valence-electron chi connectivity index (χ0n) is 16.7. The Kier molecular flexibility index (Phi) is 5.63. The molecule has 0 spiro atoms. The highest BCUT2D eigenvalue weighted by atomic mass is 19.1. The van der Waals surface area contributed by atoms with Gasteiger partial charge in [0.2, 0.25) is 0 Å². The van der Waals surface area contributed by atoms with Crippen LogP contribution in [0.15, 0.2) is 39.9 Å². The van der Waals surface area contributed by atoms with Gasteiger partial charge in [0.05, 0.1) is 16.6 Å². The molecule has 0 saturated carbocycles. The van der Waals surface area contributed by atoms with E-state index in [1.807, 2.05) is 27.7 Å². The Balaban J connectivity index is 2.28. The van der Waals surface area contributed by atoms with E-state index in [4.69, 9.17) is 0 Å². The number of para-hydroxylation sites is 1. The molecule has 3 aromatic rings. The smallest absolute Gasteiger partial charge is 0.319 e. The van der Waals surface area contributed by atoms with Crippen molar-refractivity contribution in [2.75, 3.05) is 5.32 Å². The molecule has 8 heteroatoms. The maximum Gasteiger partial charge on any atom is 0.330 e. The number of anilines is 1. The number of hydrogen-bond donors (Lipinski definition) is 2. The van der Waals surface area contributed by atoms with Crippen molar-refractivity contribution in [2.45, 2.75) is 40.2 Å². The Hall–Kier alpha value is -3.29. The number of aromatic amines is 1. The van der Waals surface area contributed by atoms with Gasteiger partial charge >= 0.3 is 5.69 Å². The number of H-pyrrole nitrogens is 1. The van der Waals surface area contributed by atoms with Gasteiger partial charge in [0, 0.05) is 12.2 Å². The van der Waals surface area contributed by atoms with Crippen LogP contribution in [0.5, 0.6) is 0 Å². The van der Waals surface area contributed by atoms with Crippen molar-refractivity contribution in [1.82, 2.24) is 14.5 Å². The molecule has 0 unspecified atom stereocenters. The van der Waals surface area contributed by atoms with Crippen molar-refractivity contribution in [1.29, 1.82) is 0 Å². The van der Waals surface area contributed by atoms with Crippen LogP contribution in [0.2, 0.25) is 0 Å². The van der Waals surface area contributed by atoms with Gasteiger partial charge in [-0.3, -0.25) is 19.1 Å². The molecule has 152 valence electrons. The number of nitrogens with zero attached hydrogens (tertiary/aromatic N) is 2. The van der Waals surface area contributed by atoms with E-state index >= 15 is 0 Å². The van der Waals surface area contributed by atoms with E-state index < -0.39 is 23.0 Å². The van der Waals surface area contributed by atoms with Gasteiger partial charge in [-0.25, -0.2) is 14.2 Å². The number of carbonyl (C=O) groups excluding carboxylic acids is 1. The molecule has 0 bridgehead atoms. The first kappa shape index (κ1) is 20.4. The number of hydrogen-bond acceptors (Lipinski definition) is 4. The summed E-state index contributed by atoms with van der Waals surface area (Å²) in [4.78, 5) is 44.8. The summed E-state index contributed by atoms with van der Waals surface area (Å²) in [5.74, 6) is -1.18. The fourth-order valence-corrected chi connectivity index (χ4v) is 3.06. The normalized spacial score (nSPS) is 11.4. The predicted molar refractivity (Wildman–Crippen MR) is 110 cm³/mol. The van der Waals surface area contributed by atoms with E-state index in [0.717, 1.165) is 0 Å². The molecule has 2 heterocycles. The topological polar surface area (TPSA) is 96.9 Å². The van der Waals surface area contributed by atoms with Gasteiger partial charge in [0.15, 0.2) is 5.65 Å². The Labute approximate surface area is 166 Å². The second kappa shape index (κ2) is 7.98. The molecule has 0 fully saturated rings. The Morgan fingerprint density at radius 2 is 1.90 bits per heavy atom. The lowest BCUT2D eigenvalue weighted by molar-refractivity contribution is 0.102. The minimum Gasteiger partial charge on any atom is -0.319 e. The lowest BCUT2D eigenvalue weighted by Gasteiger charge is -2.16. The molecule has 0 radical (unpaired) electrons. The third-order valence-corrected chi connectivity index (χ3v) is 4.47. The summed E-state index contributed by atoms with van der Waals surface area (Å²) < 4.78 is 15.4. The fraction of sp³-hybridized carbons (Fsp3) is 0.333. The first-order chi connectivity index (χ1) is 13.7. The summed E-state index contributed by atoms with van der Waals surface area (Å²) >= 11 is 0. The first-order valence-corrected chi connectivity index (χ1v) is 9.42. The second-order valence-electron chi connectivity index (χ2n) is 7.65. The van der Waals surface area contributed by atoms with Crippen molar-refractivity contribution < 1.29 is 9.18 Å². The third-order valence-electron chi connectivity index (χ3n) is 4.47. The number of halogens is 1. The number of rotatable bonds is 5. The zero-order chi connectivity index (χ0) is 21.3. The highest BCUT2D eigenvalue weighted by Crippen LogP contribution is 2.22.